The molecule has 23 heavy (non-hydrogen) atoms. The molecular formula is C19H22ClNO2. The first kappa shape index (κ1) is 17.4. The third-order valence-corrected chi connectivity index (χ3v) is 4.12. The van der Waals surface area contributed by atoms with Crippen molar-refractivity contribution in [3.05, 3.63) is 58.1 Å². The summed E-state index contributed by atoms with van der Waals surface area (Å²) in [6.45, 7) is 7.82. The molecule has 4 heteroatoms. The molecule has 0 aliphatic carbocycles. The third kappa shape index (κ3) is 4.49. The second-order valence-electron chi connectivity index (χ2n) is 5.74. The van der Waals surface area contributed by atoms with Crippen molar-refractivity contribution in [1.82, 2.24) is 0 Å². The molecule has 0 saturated heterocycles. The van der Waals surface area contributed by atoms with Crippen molar-refractivity contribution in [2.75, 3.05) is 5.32 Å². The lowest BCUT2D eigenvalue weighted by Crippen LogP contribution is -2.32. The third-order valence-electron chi connectivity index (χ3n) is 3.72. The molecule has 0 heterocycles. The van der Waals surface area contributed by atoms with Crippen LogP contribution in [-0.4, -0.2) is 12.0 Å². The average molecular weight is 332 g/mol. The Hall–Kier alpha value is -2.00. The lowest BCUT2D eigenvalue weighted by molar-refractivity contribution is -0.122. The van der Waals surface area contributed by atoms with Crippen LogP contribution in [0, 0.1) is 20.8 Å². The number of anilines is 1. The van der Waals surface area contributed by atoms with Gasteiger partial charge in [0.25, 0.3) is 5.91 Å². The molecule has 0 fully saturated rings. The van der Waals surface area contributed by atoms with Crippen molar-refractivity contribution < 1.29 is 9.53 Å². The maximum atomic E-state index is 12.5. The van der Waals surface area contributed by atoms with Crippen LogP contribution in [0.15, 0.2) is 36.4 Å². The first-order valence-corrected chi connectivity index (χ1v) is 8.09. The van der Waals surface area contributed by atoms with Gasteiger partial charge in [0.2, 0.25) is 0 Å². The normalized spacial score (nSPS) is 11.9. The highest BCUT2D eigenvalue weighted by atomic mass is 35.5. The molecule has 0 aliphatic rings. The lowest BCUT2D eigenvalue weighted by Gasteiger charge is -2.19. The highest BCUT2D eigenvalue weighted by Crippen LogP contribution is 2.23. The van der Waals surface area contributed by atoms with E-state index in [2.05, 4.69) is 5.32 Å². The Morgan fingerprint density at radius 2 is 1.83 bits per heavy atom. The molecule has 3 nitrogen and oxygen atoms in total. The zero-order valence-corrected chi connectivity index (χ0v) is 14.7. The summed E-state index contributed by atoms with van der Waals surface area (Å²) in [6, 6.07) is 11.4. The minimum atomic E-state index is -0.546. The number of ether oxygens (including phenoxy) is 1. The SMILES string of the molecule is CC[C@H](Oc1cc(C)ccc1C)C(=O)Nc1ccc(C)c(Cl)c1. The zero-order valence-electron chi connectivity index (χ0n) is 13.9. The number of rotatable bonds is 5. The summed E-state index contributed by atoms with van der Waals surface area (Å²) >= 11 is 6.10. The Morgan fingerprint density at radius 3 is 2.48 bits per heavy atom. The molecule has 0 bridgehead atoms. The zero-order chi connectivity index (χ0) is 17.0. The van der Waals surface area contributed by atoms with Gasteiger partial charge in [-0.05, 0) is 62.1 Å². The predicted octanol–water partition coefficient (Wildman–Crippen LogP) is 5.06. The number of carbonyl (C=O) groups is 1. The van der Waals surface area contributed by atoms with Gasteiger partial charge in [-0.3, -0.25) is 4.79 Å². The summed E-state index contributed by atoms with van der Waals surface area (Å²) in [5.74, 6) is 0.572. The maximum Gasteiger partial charge on any atom is 0.265 e. The predicted molar refractivity (Wildman–Crippen MR) is 95.4 cm³/mol. The standard InChI is InChI=1S/C19H22ClNO2/c1-5-17(23-18-10-12(2)6-7-14(18)4)19(22)21-15-9-8-13(3)16(20)11-15/h6-11,17H,5H2,1-4H3,(H,21,22)/t17-/m0/s1. The molecule has 0 aliphatic heterocycles. The van der Waals surface area contributed by atoms with Crippen LogP contribution in [0.5, 0.6) is 5.75 Å². The van der Waals surface area contributed by atoms with Crippen molar-refractivity contribution in [2.45, 2.75) is 40.2 Å². The first-order valence-electron chi connectivity index (χ1n) is 7.71. The van der Waals surface area contributed by atoms with E-state index < -0.39 is 6.10 Å². The second kappa shape index (κ2) is 7.51. The van der Waals surface area contributed by atoms with Crippen LogP contribution in [0.1, 0.15) is 30.0 Å². The monoisotopic (exact) mass is 331 g/mol. The molecule has 0 aromatic heterocycles. The van der Waals surface area contributed by atoms with E-state index in [0.717, 1.165) is 22.4 Å². The molecule has 2 aromatic carbocycles. The summed E-state index contributed by atoms with van der Waals surface area (Å²) in [4.78, 5) is 12.5. The Labute approximate surface area is 142 Å². The Morgan fingerprint density at radius 1 is 1.13 bits per heavy atom. The van der Waals surface area contributed by atoms with E-state index in [1.165, 1.54) is 0 Å². The summed E-state index contributed by atoms with van der Waals surface area (Å²) < 4.78 is 5.92. The van der Waals surface area contributed by atoms with E-state index in [0.29, 0.717) is 17.1 Å². The van der Waals surface area contributed by atoms with Crippen molar-refractivity contribution in [1.29, 1.82) is 0 Å². The minimum Gasteiger partial charge on any atom is -0.480 e. The van der Waals surface area contributed by atoms with Gasteiger partial charge in [-0.1, -0.05) is 36.7 Å². The van der Waals surface area contributed by atoms with Crippen molar-refractivity contribution in [3.63, 3.8) is 0 Å². The van der Waals surface area contributed by atoms with Crippen LogP contribution in [0.3, 0.4) is 0 Å². The van der Waals surface area contributed by atoms with E-state index >= 15 is 0 Å². The number of benzene rings is 2. The molecule has 122 valence electrons. The van der Waals surface area contributed by atoms with Crippen LogP contribution >= 0.6 is 11.6 Å². The van der Waals surface area contributed by atoms with Crippen molar-refractivity contribution in [3.8, 4) is 5.75 Å². The fraction of sp³-hybridized carbons (Fsp3) is 0.316. The van der Waals surface area contributed by atoms with Crippen LogP contribution in [0.25, 0.3) is 0 Å². The summed E-state index contributed by atoms with van der Waals surface area (Å²) in [6.07, 6.45) is 0.0364. The van der Waals surface area contributed by atoms with E-state index in [1.807, 2.05) is 58.0 Å². The van der Waals surface area contributed by atoms with Gasteiger partial charge < -0.3 is 10.1 Å². The van der Waals surface area contributed by atoms with Gasteiger partial charge in [0.1, 0.15) is 5.75 Å². The molecule has 1 atom stereocenters. The van der Waals surface area contributed by atoms with Gasteiger partial charge in [0.15, 0.2) is 6.10 Å². The number of nitrogens with one attached hydrogen (secondary N) is 1. The largest absolute Gasteiger partial charge is 0.480 e. The van der Waals surface area contributed by atoms with Gasteiger partial charge >= 0.3 is 0 Å². The molecule has 1 N–H and O–H groups in total. The van der Waals surface area contributed by atoms with Crippen molar-refractivity contribution in [2.24, 2.45) is 0 Å². The number of carbonyl (C=O) groups excluding carboxylic acids is 1. The highest BCUT2D eigenvalue weighted by molar-refractivity contribution is 6.31. The fourth-order valence-corrected chi connectivity index (χ4v) is 2.38. The van der Waals surface area contributed by atoms with Crippen LogP contribution in [-0.2, 0) is 4.79 Å². The first-order chi connectivity index (χ1) is 10.9. The van der Waals surface area contributed by atoms with Crippen LogP contribution in [0.4, 0.5) is 5.69 Å². The quantitative estimate of drug-likeness (QED) is 0.831. The van der Waals surface area contributed by atoms with E-state index in [4.69, 9.17) is 16.3 Å². The summed E-state index contributed by atoms with van der Waals surface area (Å²) in [7, 11) is 0. The van der Waals surface area contributed by atoms with Gasteiger partial charge in [-0.25, -0.2) is 0 Å². The molecule has 1 amide bonds. The van der Waals surface area contributed by atoms with Crippen LogP contribution < -0.4 is 10.1 Å². The molecular weight excluding hydrogens is 310 g/mol. The second-order valence-corrected chi connectivity index (χ2v) is 6.14. The Kier molecular flexibility index (Phi) is 5.67. The van der Waals surface area contributed by atoms with Gasteiger partial charge in [0.05, 0.1) is 0 Å². The average Bonchev–Trinajstić information content (AvgIpc) is 2.51. The lowest BCUT2D eigenvalue weighted by atomic mass is 10.1. The maximum absolute atomic E-state index is 12.5. The molecule has 0 saturated carbocycles. The van der Waals surface area contributed by atoms with Gasteiger partial charge in [-0.15, -0.1) is 0 Å². The summed E-state index contributed by atoms with van der Waals surface area (Å²) in [5.41, 5.74) is 3.77. The number of aryl methyl sites for hydroxylation is 3. The highest BCUT2D eigenvalue weighted by Gasteiger charge is 2.19. The molecule has 0 unspecified atom stereocenters. The minimum absolute atomic E-state index is 0.173. The van der Waals surface area contributed by atoms with Gasteiger partial charge in [-0.2, -0.15) is 0 Å². The fourth-order valence-electron chi connectivity index (χ4n) is 2.20. The van der Waals surface area contributed by atoms with E-state index in [-0.39, 0.29) is 5.91 Å². The number of amides is 1. The Bertz CT molecular complexity index is 713. The summed E-state index contributed by atoms with van der Waals surface area (Å²) in [5, 5.41) is 3.50. The smallest absolute Gasteiger partial charge is 0.265 e. The number of hydrogen-bond donors (Lipinski definition) is 1. The van der Waals surface area contributed by atoms with E-state index in [9.17, 15) is 4.79 Å². The number of hydrogen-bond acceptors (Lipinski definition) is 2. The van der Waals surface area contributed by atoms with Crippen molar-refractivity contribution >= 4 is 23.2 Å². The van der Waals surface area contributed by atoms with Gasteiger partial charge in [0, 0.05) is 10.7 Å². The molecule has 2 rings (SSSR count). The molecule has 2 aromatic rings. The molecule has 0 spiro atoms. The topological polar surface area (TPSA) is 38.3 Å². The molecule has 0 radical (unpaired) electrons. The Balaban J connectivity index is 2.11. The van der Waals surface area contributed by atoms with Crippen LogP contribution in [0.2, 0.25) is 5.02 Å². The van der Waals surface area contributed by atoms with E-state index in [1.54, 1.807) is 6.07 Å². The number of halogens is 1.